The van der Waals surface area contributed by atoms with Crippen molar-refractivity contribution in [3.05, 3.63) is 30.3 Å². The lowest BCUT2D eigenvalue weighted by Crippen LogP contribution is -2.36. The summed E-state index contributed by atoms with van der Waals surface area (Å²) in [6, 6.07) is 8.08. The third kappa shape index (κ3) is 1.85. The highest BCUT2D eigenvalue weighted by Crippen LogP contribution is 2.54. The molecule has 1 saturated carbocycles. The maximum atomic E-state index is 12.6. The Hall–Kier alpha value is -0.630. The van der Waals surface area contributed by atoms with Crippen LogP contribution in [0.15, 0.2) is 35.2 Å². The normalized spacial score (nSPS) is 26.7. The summed E-state index contributed by atoms with van der Waals surface area (Å²) in [6.45, 7) is 0. The molecule has 0 radical (unpaired) electrons. The summed E-state index contributed by atoms with van der Waals surface area (Å²) in [5, 5.41) is 0. The number of benzene rings is 1. The summed E-state index contributed by atoms with van der Waals surface area (Å²) in [7, 11) is -2.45. The Kier molecular flexibility index (Phi) is 3.68. The number of hydrogen-bond acceptors (Lipinski definition) is 4. The van der Waals surface area contributed by atoms with Crippen LogP contribution in [0.2, 0.25) is 0 Å². The monoisotopic (exact) mass is 380 g/mol. The summed E-state index contributed by atoms with van der Waals surface area (Å²) >= 11 is 2.10. The van der Waals surface area contributed by atoms with Crippen molar-refractivity contribution in [3.63, 3.8) is 0 Å². The van der Waals surface area contributed by atoms with Gasteiger partial charge in [0.2, 0.25) is 0 Å². The molecule has 0 heterocycles. The molecule has 0 spiro atoms. The van der Waals surface area contributed by atoms with E-state index in [-0.39, 0.29) is 10.8 Å². The third-order valence-electron chi connectivity index (χ3n) is 3.30. The van der Waals surface area contributed by atoms with Crippen LogP contribution in [0.4, 0.5) is 0 Å². The number of sulfone groups is 1. The van der Waals surface area contributed by atoms with Crippen molar-refractivity contribution in [3.8, 4) is 0 Å². The van der Waals surface area contributed by atoms with Crippen molar-refractivity contribution in [1.29, 1.82) is 0 Å². The lowest BCUT2D eigenvalue weighted by Gasteiger charge is -2.15. The van der Waals surface area contributed by atoms with Gasteiger partial charge in [0.15, 0.2) is 14.6 Å². The van der Waals surface area contributed by atoms with Crippen LogP contribution in [-0.4, -0.2) is 30.7 Å². The van der Waals surface area contributed by atoms with Gasteiger partial charge in [0.05, 0.1) is 12.0 Å². The number of carbonyl (C=O) groups excluding carboxylic acids is 1. The van der Waals surface area contributed by atoms with Crippen LogP contribution in [0.3, 0.4) is 0 Å². The van der Waals surface area contributed by atoms with Crippen LogP contribution in [0, 0.1) is 5.92 Å². The molecule has 98 valence electrons. The van der Waals surface area contributed by atoms with Gasteiger partial charge in [0, 0.05) is 10.3 Å². The number of halogens is 1. The topological polar surface area (TPSA) is 60.4 Å². The molecule has 0 saturated heterocycles. The lowest BCUT2D eigenvalue weighted by atomic mass is 10.3. The van der Waals surface area contributed by atoms with Crippen LogP contribution in [-0.2, 0) is 19.4 Å². The first-order valence-corrected chi connectivity index (χ1v) is 8.45. The van der Waals surface area contributed by atoms with E-state index >= 15 is 0 Å². The van der Waals surface area contributed by atoms with Crippen molar-refractivity contribution in [2.45, 2.75) is 16.1 Å². The van der Waals surface area contributed by atoms with Crippen molar-refractivity contribution in [2.75, 3.05) is 11.5 Å². The van der Waals surface area contributed by atoms with E-state index in [9.17, 15) is 13.2 Å². The average molecular weight is 380 g/mol. The number of esters is 1. The quantitative estimate of drug-likeness (QED) is 0.454. The fourth-order valence-corrected chi connectivity index (χ4v) is 5.70. The minimum atomic E-state index is -3.68. The summed E-state index contributed by atoms with van der Waals surface area (Å²) < 4.78 is 29.1. The molecule has 0 amide bonds. The molecule has 1 fully saturated rings. The predicted molar refractivity (Wildman–Crippen MR) is 75.4 cm³/mol. The second-order valence-electron chi connectivity index (χ2n) is 4.25. The van der Waals surface area contributed by atoms with E-state index in [2.05, 4.69) is 22.6 Å². The highest BCUT2D eigenvalue weighted by atomic mass is 127. The van der Waals surface area contributed by atoms with Gasteiger partial charge in [-0.25, -0.2) is 8.42 Å². The standard InChI is InChI=1S/C12H13IO4S/c1-17-11(14)12(7-9(12)8-13)18(15,16)10-5-3-2-4-6-10/h2-6,9H,7-8H2,1H3/t9-,12+/m0/s1. The minimum Gasteiger partial charge on any atom is -0.468 e. The zero-order valence-corrected chi connectivity index (χ0v) is 12.8. The SMILES string of the molecule is COC(=O)[C@@]1(S(=O)(=O)c2ccccc2)C[C@H]1CI. The van der Waals surface area contributed by atoms with Gasteiger partial charge < -0.3 is 4.74 Å². The van der Waals surface area contributed by atoms with Crippen LogP contribution >= 0.6 is 22.6 Å². The van der Waals surface area contributed by atoms with Gasteiger partial charge >= 0.3 is 5.97 Å². The molecule has 0 unspecified atom stereocenters. The van der Waals surface area contributed by atoms with E-state index in [0.717, 1.165) is 0 Å². The summed E-state index contributed by atoms with van der Waals surface area (Å²) in [6.07, 6.45) is 0.347. The Morgan fingerprint density at radius 2 is 2.06 bits per heavy atom. The molecule has 0 N–H and O–H groups in total. The Balaban J connectivity index is 2.49. The first kappa shape index (κ1) is 13.8. The number of ether oxygens (including phenoxy) is 1. The zero-order valence-electron chi connectivity index (χ0n) is 9.80. The summed E-state index contributed by atoms with van der Waals surface area (Å²) in [5.74, 6) is -0.802. The molecule has 0 aromatic heterocycles. The molecule has 0 bridgehead atoms. The van der Waals surface area contributed by atoms with Gasteiger partial charge in [0.1, 0.15) is 0 Å². The number of alkyl halides is 1. The third-order valence-corrected chi connectivity index (χ3v) is 6.88. The highest BCUT2D eigenvalue weighted by Gasteiger charge is 2.69. The Morgan fingerprint density at radius 3 is 2.50 bits per heavy atom. The summed E-state index contributed by atoms with van der Waals surface area (Å²) in [4.78, 5) is 12.1. The number of methoxy groups -OCH3 is 1. The molecule has 4 nitrogen and oxygen atoms in total. The fraction of sp³-hybridized carbons (Fsp3) is 0.417. The van der Waals surface area contributed by atoms with E-state index in [1.54, 1.807) is 18.2 Å². The predicted octanol–water partition coefficient (Wildman–Crippen LogP) is 1.83. The Bertz CT molecular complexity index is 555. The number of carbonyl (C=O) groups is 1. The van der Waals surface area contributed by atoms with Gasteiger partial charge in [0.25, 0.3) is 0 Å². The van der Waals surface area contributed by atoms with Crippen LogP contribution in [0.25, 0.3) is 0 Å². The second-order valence-corrected chi connectivity index (χ2v) is 7.34. The van der Waals surface area contributed by atoms with E-state index in [1.165, 1.54) is 19.2 Å². The maximum Gasteiger partial charge on any atom is 0.327 e. The highest BCUT2D eigenvalue weighted by molar-refractivity contribution is 14.1. The fourth-order valence-electron chi connectivity index (χ4n) is 2.16. The van der Waals surface area contributed by atoms with E-state index in [0.29, 0.717) is 10.8 Å². The minimum absolute atomic E-state index is 0.157. The molecule has 1 aromatic rings. The van der Waals surface area contributed by atoms with E-state index in [4.69, 9.17) is 4.74 Å². The molecular weight excluding hydrogens is 367 g/mol. The van der Waals surface area contributed by atoms with E-state index < -0.39 is 20.6 Å². The number of hydrogen-bond donors (Lipinski definition) is 0. The van der Waals surface area contributed by atoms with Crippen LogP contribution in [0.5, 0.6) is 0 Å². The molecule has 1 aliphatic rings. The molecule has 2 rings (SSSR count). The molecular formula is C12H13IO4S. The average Bonchev–Trinajstić information content (AvgIpc) is 3.15. The van der Waals surface area contributed by atoms with E-state index in [1.807, 2.05) is 0 Å². The molecule has 1 aliphatic carbocycles. The van der Waals surface area contributed by atoms with Crippen molar-refractivity contribution >= 4 is 38.4 Å². The van der Waals surface area contributed by atoms with Crippen LogP contribution < -0.4 is 0 Å². The largest absolute Gasteiger partial charge is 0.468 e. The van der Waals surface area contributed by atoms with Gasteiger partial charge in [-0.2, -0.15) is 0 Å². The van der Waals surface area contributed by atoms with Gasteiger partial charge in [-0.3, -0.25) is 4.79 Å². The Labute approximate surface area is 120 Å². The Morgan fingerprint density at radius 1 is 1.44 bits per heavy atom. The van der Waals surface area contributed by atoms with Crippen LogP contribution in [0.1, 0.15) is 6.42 Å². The van der Waals surface area contributed by atoms with Gasteiger partial charge in [-0.1, -0.05) is 40.8 Å². The first-order chi connectivity index (χ1) is 8.50. The molecule has 1 aromatic carbocycles. The smallest absolute Gasteiger partial charge is 0.327 e. The maximum absolute atomic E-state index is 12.6. The number of rotatable bonds is 4. The van der Waals surface area contributed by atoms with Gasteiger partial charge in [-0.05, 0) is 18.6 Å². The molecule has 2 atom stereocenters. The van der Waals surface area contributed by atoms with Crippen molar-refractivity contribution in [1.82, 2.24) is 0 Å². The lowest BCUT2D eigenvalue weighted by molar-refractivity contribution is -0.141. The van der Waals surface area contributed by atoms with Crippen molar-refractivity contribution < 1.29 is 17.9 Å². The second kappa shape index (κ2) is 4.80. The molecule has 6 heteroatoms. The summed E-state index contributed by atoms with van der Waals surface area (Å²) in [5.41, 5.74) is 0. The molecule has 18 heavy (non-hydrogen) atoms. The first-order valence-electron chi connectivity index (χ1n) is 5.44. The molecule has 0 aliphatic heterocycles. The zero-order chi connectivity index (χ0) is 13.4. The van der Waals surface area contributed by atoms with Crippen molar-refractivity contribution in [2.24, 2.45) is 5.92 Å². The van der Waals surface area contributed by atoms with Gasteiger partial charge in [-0.15, -0.1) is 0 Å².